The second-order valence-electron chi connectivity index (χ2n) is 4.94. The Morgan fingerprint density at radius 2 is 2.00 bits per heavy atom. The van der Waals surface area contributed by atoms with E-state index in [0.717, 1.165) is 6.42 Å². The molecule has 0 unspecified atom stereocenters. The van der Waals surface area contributed by atoms with Gasteiger partial charge in [0.1, 0.15) is 5.75 Å². The maximum atomic E-state index is 12.1. The van der Waals surface area contributed by atoms with Crippen LogP contribution in [0.3, 0.4) is 0 Å². The van der Waals surface area contributed by atoms with E-state index in [0.29, 0.717) is 24.7 Å². The molecule has 0 bridgehead atoms. The van der Waals surface area contributed by atoms with Crippen molar-refractivity contribution in [3.05, 3.63) is 29.3 Å². The van der Waals surface area contributed by atoms with Gasteiger partial charge in [0.05, 0.1) is 4.90 Å². The van der Waals surface area contributed by atoms with E-state index >= 15 is 0 Å². The van der Waals surface area contributed by atoms with Crippen LogP contribution in [0.4, 0.5) is 0 Å². The van der Waals surface area contributed by atoms with Crippen molar-refractivity contribution >= 4 is 27.3 Å². The van der Waals surface area contributed by atoms with Crippen LogP contribution in [0.2, 0.25) is 5.02 Å². The number of benzene rings is 1. The van der Waals surface area contributed by atoms with Crippen molar-refractivity contribution < 1.29 is 13.2 Å². The molecule has 1 amide bonds. The number of carbonyl (C=O) groups is 1. The first-order valence-electron chi connectivity index (χ1n) is 6.38. The van der Waals surface area contributed by atoms with Crippen molar-refractivity contribution in [1.82, 2.24) is 4.90 Å². The molecule has 1 fully saturated rings. The van der Waals surface area contributed by atoms with Crippen LogP contribution >= 0.6 is 11.6 Å². The smallest absolute Gasteiger partial charge is 0.238 e. The fourth-order valence-electron chi connectivity index (χ4n) is 2.23. The molecule has 0 aromatic heterocycles. The maximum Gasteiger partial charge on any atom is 0.238 e. The minimum atomic E-state index is -3.62. The number of nitrogens with two attached hydrogens (primary N) is 1. The fourth-order valence-corrected chi connectivity index (χ4v) is 3.58. The van der Waals surface area contributed by atoms with E-state index in [2.05, 4.69) is 0 Å². The number of sulfone groups is 1. The first kappa shape index (κ1) is 15.3. The minimum absolute atomic E-state index is 0.116. The summed E-state index contributed by atoms with van der Waals surface area (Å²) in [6.45, 7) is 1.65. The number of hydrogen-bond donors (Lipinski definition) is 1. The summed E-state index contributed by atoms with van der Waals surface area (Å²) in [7, 11) is -3.62. The third-order valence-corrected chi connectivity index (χ3v) is 5.33. The Morgan fingerprint density at radius 3 is 2.55 bits per heavy atom. The van der Waals surface area contributed by atoms with Crippen molar-refractivity contribution in [2.75, 3.05) is 25.4 Å². The first-order valence-corrected chi connectivity index (χ1v) is 8.41. The molecule has 1 saturated heterocycles. The zero-order valence-corrected chi connectivity index (χ0v) is 12.5. The van der Waals surface area contributed by atoms with Crippen molar-refractivity contribution in [3.63, 3.8) is 0 Å². The Hall–Kier alpha value is -1.11. The lowest BCUT2D eigenvalue weighted by Crippen LogP contribution is -2.34. The molecule has 20 heavy (non-hydrogen) atoms. The zero-order chi connectivity index (χ0) is 14.8. The Kier molecular flexibility index (Phi) is 4.67. The number of halogens is 1. The summed E-state index contributed by atoms with van der Waals surface area (Å²) >= 11 is 5.72. The average Bonchev–Trinajstić information content (AvgIpc) is 2.87. The van der Waals surface area contributed by atoms with Gasteiger partial charge in [0, 0.05) is 18.1 Å². The molecule has 1 atom stereocenters. The molecule has 7 heteroatoms. The minimum Gasteiger partial charge on any atom is -0.341 e. The van der Waals surface area contributed by atoms with Crippen LogP contribution in [0.15, 0.2) is 29.2 Å². The molecule has 1 aromatic carbocycles. The standard InChI is InChI=1S/C13H17ClN2O3S/c14-11-1-3-12(4-2-11)20(18,19)9-13(17)16-6-5-10(7-15)8-16/h1-4,10H,5-9,15H2/t10-/m1/s1. The molecule has 1 heterocycles. The van der Waals surface area contributed by atoms with Crippen molar-refractivity contribution in [2.45, 2.75) is 11.3 Å². The normalized spacial score (nSPS) is 19.3. The van der Waals surface area contributed by atoms with Gasteiger partial charge in [-0.25, -0.2) is 8.42 Å². The lowest BCUT2D eigenvalue weighted by atomic mass is 10.1. The number of carbonyl (C=O) groups excluding carboxylic acids is 1. The summed E-state index contributed by atoms with van der Waals surface area (Å²) in [6, 6.07) is 5.83. The summed E-state index contributed by atoms with van der Waals surface area (Å²) in [5.74, 6) is -0.598. The van der Waals surface area contributed by atoms with Crippen LogP contribution in [0.1, 0.15) is 6.42 Å². The molecule has 110 valence electrons. The van der Waals surface area contributed by atoms with Crippen LogP contribution < -0.4 is 5.73 Å². The van der Waals surface area contributed by atoms with Gasteiger partial charge in [0.25, 0.3) is 0 Å². The van der Waals surface area contributed by atoms with Crippen LogP contribution in [-0.2, 0) is 14.6 Å². The second kappa shape index (κ2) is 6.11. The Balaban J connectivity index is 2.05. The lowest BCUT2D eigenvalue weighted by molar-refractivity contribution is -0.127. The molecule has 2 N–H and O–H groups in total. The fraction of sp³-hybridized carbons (Fsp3) is 0.462. The summed E-state index contributed by atoms with van der Waals surface area (Å²) < 4.78 is 24.3. The number of hydrogen-bond acceptors (Lipinski definition) is 4. The molecule has 0 aliphatic carbocycles. The number of rotatable bonds is 4. The molecule has 0 radical (unpaired) electrons. The number of amides is 1. The number of likely N-dealkylation sites (tertiary alicyclic amines) is 1. The third kappa shape index (κ3) is 3.50. The molecule has 0 saturated carbocycles. The van der Waals surface area contributed by atoms with E-state index in [4.69, 9.17) is 17.3 Å². The van der Waals surface area contributed by atoms with Gasteiger partial charge in [0.2, 0.25) is 5.91 Å². The van der Waals surface area contributed by atoms with E-state index in [-0.39, 0.29) is 16.7 Å². The summed E-state index contributed by atoms with van der Waals surface area (Å²) in [5.41, 5.74) is 5.56. The van der Waals surface area contributed by atoms with Crippen LogP contribution in [0.25, 0.3) is 0 Å². The summed E-state index contributed by atoms with van der Waals surface area (Å²) in [5, 5.41) is 0.459. The first-order chi connectivity index (χ1) is 9.42. The summed E-state index contributed by atoms with van der Waals surface area (Å²) in [4.78, 5) is 13.7. The van der Waals surface area contributed by atoms with Crippen molar-refractivity contribution in [2.24, 2.45) is 11.7 Å². The van der Waals surface area contributed by atoms with Gasteiger partial charge >= 0.3 is 0 Å². The van der Waals surface area contributed by atoms with Crippen molar-refractivity contribution in [1.29, 1.82) is 0 Å². The Morgan fingerprint density at radius 1 is 1.35 bits per heavy atom. The van der Waals surface area contributed by atoms with E-state index in [9.17, 15) is 13.2 Å². The Labute approximate surface area is 123 Å². The zero-order valence-electron chi connectivity index (χ0n) is 11.0. The highest BCUT2D eigenvalue weighted by molar-refractivity contribution is 7.92. The maximum absolute atomic E-state index is 12.1. The molecule has 2 rings (SSSR count). The van der Waals surface area contributed by atoms with Gasteiger partial charge in [-0.05, 0) is 43.1 Å². The largest absolute Gasteiger partial charge is 0.341 e. The summed E-state index contributed by atoms with van der Waals surface area (Å²) in [6.07, 6.45) is 0.837. The predicted molar refractivity (Wildman–Crippen MR) is 77.2 cm³/mol. The van der Waals surface area contributed by atoms with Gasteiger partial charge in [-0.3, -0.25) is 4.79 Å². The molecular formula is C13H17ClN2O3S. The van der Waals surface area contributed by atoms with E-state index in [1.165, 1.54) is 24.3 Å². The Bertz CT molecular complexity index is 586. The van der Waals surface area contributed by atoms with Gasteiger partial charge in [-0.1, -0.05) is 11.6 Å². The third-order valence-electron chi connectivity index (χ3n) is 3.46. The van der Waals surface area contributed by atoms with E-state index < -0.39 is 15.6 Å². The highest BCUT2D eigenvalue weighted by Gasteiger charge is 2.29. The van der Waals surface area contributed by atoms with Crippen LogP contribution in [-0.4, -0.2) is 44.6 Å². The van der Waals surface area contributed by atoms with E-state index in [1.54, 1.807) is 4.90 Å². The van der Waals surface area contributed by atoms with Crippen LogP contribution in [0, 0.1) is 5.92 Å². The van der Waals surface area contributed by atoms with Gasteiger partial charge < -0.3 is 10.6 Å². The highest BCUT2D eigenvalue weighted by Crippen LogP contribution is 2.18. The SMILES string of the molecule is NC[C@H]1CCN(C(=O)CS(=O)(=O)c2ccc(Cl)cc2)C1. The molecule has 1 aliphatic rings. The van der Waals surface area contributed by atoms with Crippen molar-refractivity contribution in [3.8, 4) is 0 Å². The van der Waals surface area contributed by atoms with Gasteiger partial charge in [-0.2, -0.15) is 0 Å². The van der Waals surface area contributed by atoms with Gasteiger partial charge in [0.15, 0.2) is 9.84 Å². The molecular weight excluding hydrogens is 300 g/mol. The van der Waals surface area contributed by atoms with Gasteiger partial charge in [-0.15, -0.1) is 0 Å². The average molecular weight is 317 g/mol. The van der Waals surface area contributed by atoms with Crippen LogP contribution in [0.5, 0.6) is 0 Å². The quantitative estimate of drug-likeness (QED) is 0.895. The topological polar surface area (TPSA) is 80.5 Å². The van der Waals surface area contributed by atoms with E-state index in [1.807, 2.05) is 0 Å². The molecule has 5 nitrogen and oxygen atoms in total. The monoisotopic (exact) mass is 316 g/mol. The lowest BCUT2D eigenvalue weighted by Gasteiger charge is -2.16. The molecule has 1 aliphatic heterocycles. The second-order valence-corrected chi connectivity index (χ2v) is 7.37. The molecule has 1 aromatic rings. The molecule has 0 spiro atoms. The predicted octanol–water partition coefficient (Wildman–Crippen LogP) is 0.921. The number of nitrogens with zero attached hydrogens (tertiary/aromatic N) is 1. The highest BCUT2D eigenvalue weighted by atomic mass is 35.5.